The lowest BCUT2D eigenvalue weighted by Gasteiger charge is -2.26. The largest absolute Gasteiger partial charge is 0.383 e. The molecule has 1 aliphatic heterocycles. The van der Waals surface area contributed by atoms with E-state index in [1.807, 2.05) is 47.5 Å². The molecule has 0 saturated heterocycles. The van der Waals surface area contributed by atoms with Crippen LogP contribution in [-0.4, -0.2) is 58.8 Å². The summed E-state index contributed by atoms with van der Waals surface area (Å²) in [5.41, 5.74) is 1.92. The van der Waals surface area contributed by atoms with Crippen molar-refractivity contribution in [2.45, 2.75) is 25.8 Å². The van der Waals surface area contributed by atoms with Gasteiger partial charge >= 0.3 is 0 Å². The third kappa shape index (κ3) is 4.34. The number of hydrogen-bond donors (Lipinski definition) is 0. The van der Waals surface area contributed by atoms with Gasteiger partial charge in [-0.1, -0.05) is 13.0 Å². The Bertz CT molecular complexity index is 844. The van der Waals surface area contributed by atoms with Crippen LogP contribution in [0.1, 0.15) is 36.4 Å². The molecule has 3 heterocycles. The van der Waals surface area contributed by atoms with Crippen molar-refractivity contribution in [2.75, 3.05) is 26.8 Å². The highest BCUT2D eigenvalue weighted by atomic mass is 32.1. The molecule has 2 aromatic rings. The summed E-state index contributed by atoms with van der Waals surface area (Å²) < 4.78 is 7.10. The number of nitrogens with zero attached hydrogens (tertiary/aromatic N) is 4. The van der Waals surface area contributed by atoms with Crippen LogP contribution in [0.25, 0.3) is 0 Å². The van der Waals surface area contributed by atoms with Crippen molar-refractivity contribution >= 4 is 28.9 Å². The molecule has 0 saturated carbocycles. The molecule has 2 aromatic heterocycles. The first kappa shape index (κ1) is 20.3. The second-order valence-electron chi connectivity index (χ2n) is 6.69. The quantitative estimate of drug-likeness (QED) is 0.682. The van der Waals surface area contributed by atoms with Crippen molar-refractivity contribution in [3.63, 3.8) is 0 Å². The molecule has 1 aliphatic rings. The van der Waals surface area contributed by atoms with Crippen LogP contribution in [0.4, 0.5) is 0 Å². The second kappa shape index (κ2) is 9.16. The fourth-order valence-corrected chi connectivity index (χ4v) is 4.06. The van der Waals surface area contributed by atoms with Gasteiger partial charge in [-0.05, 0) is 23.6 Å². The van der Waals surface area contributed by atoms with Crippen molar-refractivity contribution in [2.24, 2.45) is 12.1 Å². The van der Waals surface area contributed by atoms with Crippen LogP contribution in [0.5, 0.6) is 0 Å². The standard InChI is InChI=1S/C20H26N4O3S/c1-4-19(25)23(10-11-27-3)14-20(26)24-17(16-7-5-9-22(16)2)13-15(21-24)18-8-6-12-28-18/h5-9,12,17H,4,10-11,13-14H2,1-3H3/t17-/m0/s1. The first-order valence-corrected chi connectivity index (χ1v) is 10.2. The maximum atomic E-state index is 13.1. The van der Waals surface area contributed by atoms with Crippen molar-refractivity contribution in [1.82, 2.24) is 14.5 Å². The summed E-state index contributed by atoms with van der Waals surface area (Å²) >= 11 is 1.61. The average molecular weight is 403 g/mol. The number of rotatable bonds is 8. The van der Waals surface area contributed by atoms with E-state index in [1.165, 1.54) is 0 Å². The highest BCUT2D eigenvalue weighted by Gasteiger charge is 2.35. The topological polar surface area (TPSA) is 67.1 Å². The van der Waals surface area contributed by atoms with Crippen LogP contribution in [0, 0.1) is 0 Å². The summed E-state index contributed by atoms with van der Waals surface area (Å²) in [6.45, 7) is 2.57. The van der Waals surface area contributed by atoms with E-state index in [1.54, 1.807) is 35.3 Å². The predicted molar refractivity (Wildman–Crippen MR) is 109 cm³/mol. The van der Waals surface area contributed by atoms with Gasteiger partial charge in [0.2, 0.25) is 5.91 Å². The lowest BCUT2D eigenvalue weighted by Crippen LogP contribution is -2.42. The Morgan fingerprint density at radius 1 is 1.36 bits per heavy atom. The molecule has 0 spiro atoms. The minimum Gasteiger partial charge on any atom is -0.383 e. The van der Waals surface area contributed by atoms with Crippen molar-refractivity contribution in [3.8, 4) is 0 Å². The zero-order chi connectivity index (χ0) is 20.1. The summed E-state index contributed by atoms with van der Waals surface area (Å²) in [6.07, 6.45) is 2.97. The van der Waals surface area contributed by atoms with E-state index < -0.39 is 0 Å². The number of ether oxygens (including phenoxy) is 1. The summed E-state index contributed by atoms with van der Waals surface area (Å²) in [4.78, 5) is 28.0. The molecular formula is C20H26N4O3S. The molecule has 0 radical (unpaired) electrons. The van der Waals surface area contributed by atoms with Crippen LogP contribution in [0.2, 0.25) is 0 Å². The lowest BCUT2D eigenvalue weighted by molar-refractivity contribution is -0.142. The smallest absolute Gasteiger partial charge is 0.262 e. The summed E-state index contributed by atoms with van der Waals surface area (Å²) in [5.74, 6) is -0.252. The number of methoxy groups -OCH3 is 1. The zero-order valence-corrected chi connectivity index (χ0v) is 17.3. The van der Waals surface area contributed by atoms with Gasteiger partial charge in [-0.15, -0.1) is 11.3 Å². The number of carbonyl (C=O) groups excluding carboxylic acids is 2. The Kier molecular flexibility index (Phi) is 6.64. The van der Waals surface area contributed by atoms with E-state index in [0.29, 0.717) is 26.0 Å². The van der Waals surface area contributed by atoms with Gasteiger partial charge in [0.15, 0.2) is 0 Å². The van der Waals surface area contributed by atoms with Crippen molar-refractivity contribution in [1.29, 1.82) is 0 Å². The van der Waals surface area contributed by atoms with Crippen LogP contribution in [-0.2, 0) is 21.4 Å². The Morgan fingerprint density at radius 3 is 2.79 bits per heavy atom. The van der Waals surface area contributed by atoms with Gasteiger partial charge in [-0.2, -0.15) is 5.10 Å². The number of thiophene rings is 1. The van der Waals surface area contributed by atoms with Crippen LogP contribution in [0.3, 0.4) is 0 Å². The van der Waals surface area contributed by atoms with E-state index in [2.05, 4.69) is 5.10 Å². The fourth-order valence-electron chi connectivity index (χ4n) is 3.34. The van der Waals surface area contributed by atoms with Gasteiger partial charge in [0.1, 0.15) is 12.6 Å². The molecule has 0 aliphatic carbocycles. The van der Waals surface area contributed by atoms with E-state index in [9.17, 15) is 9.59 Å². The van der Waals surface area contributed by atoms with E-state index in [0.717, 1.165) is 16.3 Å². The summed E-state index contributed by atoms with van der Waals surface area (Å²) in [6, 6.07) is 7.80. The number of carbonyl (C=O) groups is 2. The highest BCUT2D eigenvalue weighted by Crippen LogP contribution is 2.33. The molecular weight excluding hydrogens is 376 g/mol. The maximum Gasteiger partial charge on any atom is 0.262 e. The minimum absolute atomic E-state index is 0.00181. The van der Waals surface area contributed by atoms with Gasteiger partial charge in [0.25, 0.3) is 5.91 Å². The molecule has 0 unspecified atom stereocenters. The van der Waals surface area contributed by atoms with Crippen molar-refractivity contribution < 1.29 is 14.3 Å². The van der Waals surface area contributed by atoms with Gasteiger partial charge < -0.3 is 14.2 Å². The van der Waals surface area contributed by atoms with Gasteiger partial charge in [0, 0.05) is 45.4 Å². The molecule has 0 aromatic carbocycles. The van der Waals surface area contributed by atoms with E-state index >= 15 is 0 Å². The number of aryl methyl sites for hydroxylation is 1. The number of amides is 2. The van der Waals surface area contributed by atoms with Crippen LogP contribution >= 0.6 is 11.3 Å². The third-order valence-corrected chi connectivity index (χ3v) is 5.76. The first-order chi connectivity index (χ1) is 13.5. The van der Waals surface area contributed by atoms with Gasteiger partial charge in [-0.3, -0.25) is 9.59 Å². The summed E-state index contributed by atoms with van der Waals surface area (Å²) in [7, 11) is 3.55. The molecule has 7 nitrogen and oxygen atoms in total. The van der Waals surface area contributed by atoms with E-state index in [4.69, 9.17) is 4.74 Å². The average Bonchev–Trinajstić information content (AvgIpc) is 3.43. The normalized spacial score (nSPS) is 16.3. The Morgan fingerprint density at radius 2 is 2.18 bits per heavy atom. The molecule has 1 atom stereocenters. The molecule has 28 heavy (non-hydrogen) atoms. The second-order valence-corrected chi connectivity index (χ2v) is 7.64. The van der Waals surface area contributed by atoms with Crippen LogP contribution < -0.4 is 0 Å². The molecule has 0 fully saturated rings. The van der Waals surface area contributed by atoms with Gasteiger partial charge in [-0.25, -0.2) is 5.01 Å². The third-order valence-electron chi connectivity index (χ3n) is 4.84. The molecule has 150 valence electrons. The molecule has 3 rings (SSSR count). The SMILES string of the molecule is CCC(=O)N(CCOC)CC(=O)N1N=C(c2cccs2)C[C@H]1c1cccn1C. The predicted octanol–water partition coefficient (Wildman–Crippen LogP) is 2.65. The Labute approximate surface area is 169 Å². The highest BCUT2D eigenvalue weighted by molar-refractivity contribution is 7.12. The number of hydrazone groups is 1. The number of aromatic nitrogens is 1. The number of hydrogen-bond acceptors (Lipinski definition) is 5. The monoisotopic (exact) mass is 402 g/mol. The zero-order valence-electron chi connectivity index (χ0n) is 16.5. The molecule has 8 heteroatoms. The Hall–Kier alpha value is -2.45. The van der Waals surface area contributed by atoms with Crippen LogP contribution in [0.15, 0.2) is 40.9 Å². The maximum absolute atomic E-state index is 13.1. The molecule has 2 amide bonds. The fraction of sp³-hybridized carbons (Fsp3) is 0.450. The molecule has 0 bridgehead atoms. The molecule has 0 N–H and O–H groups in total. The Balaban J connectivity index is 1.84. The summed E-state index contributed by atoms with van der Waals surface area (Å²) in [5, 5.41) is 8.21. The lowest BCUT2D eigenvalue weighted by atomic mass is 10.1. The first-order valence-electron chi connectivity index (χ1n) is 9.36. The van der Waals surface area contributed by atoms with Crippen molar-refractivity contribution in [3.05, 3.63) is 46.4 Å². The van der Waals surface area contributed by atoms with Gasteiger partial charge in [0.05, 0.1) is 17.2 Å². The minimum atomic E-state index is -0.185. The van der Waals surface area contributed by atoms with E-state index in [-0.39, 0.29) is 24.4 Å².